The van der Waals surface area contributed by atoms with Crippen molar-refractivity contribution in [3.8, 4) is 0 Å². The number of benzene rings is 1. The molecule has 2 rings (SSSR count). The summed E-state index contributed by atoms with van der Waals surface area (Å²) < 4.78 is 63.9. The molecule has 1 saturated heterocycles. The van der Waals surface area contributed by atoms with Crippen LogP contribution in [0.15, 0.2) is 29.2 Å². The normalized spacial score (nSPS) is 20.2. The molecule has 0 bridgehead atoms. The maximum absolute atomic E-state index is 12.6. The molecule has 1 aliphatic rings. The molecule has 112 valence electrons. The van der Waals surface area contributed by atoms with E-state index in [9.17, 15) is 21.6 Å². The second-order valence-electron chi connectivity index (χ2n) is 4.67. The highest BCUT2D eigenvalue weighted by Gasteiger charge is 2.31. The Hall–Kier alpha value is -1.12. The number of hydrogen-bond donors (Lipinski definition) is 2. The summed E-state index contributed by atoms with van der Waals surface area (Å²) in [7, 11) is -3.92. The molecule has 1 atom stereocenters. The Balaban J connectivity index is 2.12. The predicted molar refractivity (Wildman–Crippen MR) is 67.7 cm³/mol. The summed E-state index contributed by atoms with van der Waals surface area (Å²) in [6.45, 7) is 1.01. The molecule has 4 nitrogen and oxygen atoms in total. The number of rotatable bonds is 4. The van der Waals surface area contributed by atoms with Crippen LogP contribution < -0.4 is 10.0 Å². The van der Waals surface area contributed by atoms with Gasteiger partial charge in [-0.15, -0.1) is 0 Å². The van der Waals surface area contributed by atoms with E-state index in [1.165, 1.54) is 0 Å². The third-order valence-electron chi connectivity index (χ3n) is 3.15. The molecule has 0 spiro atoms. The molecule has 1 aromatic carbocycles. The van der Waals surface area contributed by atoms with Gasteiger partial charge in [-0.25, -0.2) is 13.1 Å². The van der Waals surface area contributed by atoms with Crippen molar-refractivity contribution in [3.05, 3.63) is 29.8 Å². The van der Waals surface area contributed by atoms with Crippen LogP contribution >= 0.6 is 0 Å². The largest absolute Gasteiger partial charge is 0.416 e. The van der Waals surface area contributed by atoms with Crippen molar-refractivity contribution in [1.82, 2.24) is 10.0 Å². The van der Waals surface area contributed by atoms with Crippen molar-refractivity contribution in [3.63, 3.8) is 0 Å². The second kappa shape index (κ2) is 5.71. The lowest BCUT2D eigenvalue weighted by molar-refractivity contribution is -0.137. The Morgan fingerprint density at radius 1 is 1.35 bits per heavy atom. The average Bonchev–Trinajstić information content (AvgIpc) is 2.89. The number of nitrogens with one attached hydrogen (secondary N) is 2. The van der Waals surface area contributed by atoms with Gasteiger partial charge >= 0.3 is 6.18 Å². The number of alkyl halides is 3. The fraction of sp³-hybridized carbons (Fsp3) is 0.500. The molecule has 1 fully saturated rings. The highest BCUT2D eigenvalue weighted by atomic mass is 32.2. The van der Waals surface area contributed by atoms with E-state index >= 15 is 0 Å². The monoisotopic (exact) mass is 308 g/mol. The quantitative estimate of drug-likeness (QED) is 0.891. The smallest absolute Gasteiger partial charge is 0.313 e. The summed E-state index contributed by atoms with van der Waals surface area (Å²) in [5, 5.41) is 3.11. The van der Waals surface area contributed by atoms with Gasteiger partial charge in [-0.1, -0.05) is 6.07 Å². The first-order valence-corrected chi connectivity index (χ1v) is 7.68. The lowest BCUT2D eigenvalue weighted by atomic mass is 10.2. The first-order valence-electron chi connectivity index (χ1n) is 6.19. The van der Waals surface area contributed by atoms with Crippen molar-refractivity contribution in [2.24, 2.45) is 0 Å². The van der Waals surface area contributed by atoms with Crippen molar-refractivity contribution in [2.75, 3.05) is 13.1 Å². The van der Waals surface area contributed by atoms with Crippen LogP contribution in [0.5, 0.6) is 0 Å². The van der Waals surface area contributed by atoms with Gasteiger partial charge in [-0.05, 0) is 37.6 Å². The van der Waals surface area contributed by atoms with Crippen LogP contribution in [0.25, 0.3) is 0 Å². The Bertz CT molecular complexity index is 566. The van der Waals surface area contributed by atoms with Crippen LogP contribution in [0, 0.1) is 0 Å². The molecule has 2 N–H and O–H groups in total. The van der Waals surface area contributed by atoms with Gasteiger partial charge < -0.3 is 5.32 Å². The zero-order chi connectivity index (χ0) is 14.8. The van der Waals surface area contributed by atoms with Crippen LogP contribution in [0.4, 0.5) is 13.2 Å². The highest BCUT2D eigenvalue weighted by molar-refractivity contribution is 7.89. The molecule has 0 saturated carbocycles. The van der Waals surface area contributed by atoms with Crippen LogP contribution in [0.3, 0.4) is 0 Å². The van der Waals surface area contributed by atoms with E-state index in [1.807, 2.05) is 0 Å². The summed E-state index contributed by atoms with van der Waals surface area (Å²) >= 11 is 0. The maximum Gasteiger partial charge on any atom is 0.416 e. The Kier molecular flexibility index (Phi) is 4.36. The number of hydrogen-bond acceptors (Lipinski definition) is 3. The third-order valence-corrected chi connectivity index (χ3v) is 4.58. The lowest BCUT2D eigenvalue weighted by Gasteiger charge is -2.13. The Morgan fingerprint density at radius 3 is 2.70 bits per heavy atom. The van der Waals surface area contributed by atoms with Crippen LogP contribution in [0.2, 0.25) is 0 Å². The number of halogens is 3. The van der Waals surface area contributed by atoms with Crippen molar-refractivity contribution in [2.45, 2.75) is 30.0 Å². The molecule has 1 aromatic rings. The summed E-state index contributed by atoms with van der Waals surface area (Å²) in [5.74, 6) is 0. The highest BCUT2D eigenvalue weighted by Crippen LogP contribution is 2.30. The van der Waals surface area contributed by atoms with E-state index in [0.717, 1.165) is 37.6 Å². The molecule has 1 aliphatic heterocycles. The van der Waals surface area contributed by atoms with E-state index in [2.05, 4.69) is 10.0 Å². The van der Waals surface area contributed by atoms with Crippen molar-refractivity contribution < 1.29 is 21.6 Å². The van der Waals surface area contributed by atoms with Gasteiger partial charge in [-0.2, -0.15) is 13.2 Å². The molecule has 0 aliphatic carbocycles. The molecule has 1 unspecified atom stereocenters. The molecule has 8 heteroatoms. The van der Waals surface area contributed by atoms with E-state index in [-0.39, 0.29) is 17.5 Å². The van der Waals surface area contributed by atoms with Gasteiger partial charge in [0.1, 0.15) is 0 Å². The molecule has 0 amide bonds. The molecule has 20 heavy (non-hydrogen) atoms. The zero-order valence-corrected chi connectivity index (χ0v) is 11.4. The number of sulfonamides is 1. The van der Waals surface area contributed by atoms with Crippen molar-refractivity contribution >= 4 is 10.0 Å². The first kappa shape index (κ1) is 15.3. The van der Waals surface area contributed by atoms with Crippen LogP contribution in [0.1, 0.15) is 18.4 Å². The third kappa shape index (κ3) is 3.71. The van der Waals surface area contributed by atoms with E-state index in [0.29, 0.717) is 6.07 Å². The molecule has 0 aromatic heterocycles. The van der Waals surface area contributed by atoms with Gasteiger partial charge in [-0.3, -0.25) is 0 Å². The Morgan fingerprint density at radius 2 is 2.10 bits per heavy atom. The fourth-order valence-corrected chi connectivity index (χ4v) is 3.19. The summed E-state index contributed by atoms with van der Waals surface area (Å²) in [5.41, 5.74) is -0.973. The minimum atomic E-state index is -4.56. The summed E-state index contributed by atoms with van der Waals surface area (Å²) in [4.78, 5) is -0.370. The lowest BCUT2D eigenvalue weighted by Crippen LogP contribution is -2.37. The van der Waals surface area contributed by atoms with E-state index < -0.39 is 21.8 Å². The molecular formula is C12H15F3N2O2S. The second-order valence-corrected chi connectivity index (χ2v) is 6.44. The molecule has 0 radical (unpaired) electrons. The van der Waals surface area contributed by atoms with Gasteiger partial charge in [0.15, 0.2) is 0 Å². The van der Waals surface area contributed by atoms with Gasteiger partial charge in [0.2, 0.25) is 10.0 Å². The summed E-state index contributed by atoms with van der Waals surface area (Å²) in [6, 6.07) is 3.77. The van der Waals surface area contributed by atoms with Crippen LogP contribution in [-0.2, 0) is 16.2 Å². The SMILES string of the molecule is O=S(=O)(NCC1CCCN1)c1cccc(C(F)(F)F)c1. The average molecular weight is 308 g/mol. The molecular weight excluding hydrogens is 293 g/mol. The van der Waals surface area contributed by atoms with Gasteiger partial charge in [0, 0.05) is 12.6 Å². The van der Waals surface area contributed by atoms with Crippen LogP contribution in [-0.4, -0.2) is 27.5 Å². The Labute approximate surface area is 115 Å². The van der Waals surface area contributed by atoms with Gasteiger partial charge in [0.05, 0.1) is 10.5 Å². The minimum absolute atomic E-state index is 0.0376. The van der Waals surface area contributed by atoms with E-state index in [1.54, 1.807) is 0 Å². The van der Waals surface area contributed by atoms with Crippen molar-refractivity contribution in [1.29, 1.82) is 0 Å². The van der Waals surface area contributed by atoms with Gasteiger partial charge in [0.25, 0.3) is 0 Å². The standard InChI is InChI=1S/C12H15F3N2O2S/c13-12(14,15)9-3-1-5-11(7-9)20(18,19)17-8-10-4-2-6-16-10/h1,3,5,7,10,16-17H,2,4,6,8H2. The summed E-state index contributed by atoms with van der Waals surface area (Å²) in [6.07, 6.45) is -2.74. The predicted octanol–water partition coefficient (Wildman–Crippen LogP) is 1.74. The first-order chi connectivity index (χ1) is 9.29. The maximum atomic E-state index is 12.6. The molecule has 1 heterocycles. The minimum Gasteiger partial charge on any atom is -0.313 e. The zero-order valence-electron chi connectivity index (χ0n) is 10.6. The topological polar surface area (TPSA) is 58.2 Å². The fourth-order valence-electron chi connectivity index (χ4n) is 2.06. The van der Waals surface area contributed by atoms with E-state index in [4.69, 9.17) is 0 Å².